The predicted molar refractivity (Wildman–Crippen MR) is 113 cm³/mol. The first-order valence-electron chi connectivity index (χ1n) is 11.3. The number of carbonyl (C=O) groups excluding carboxylic acids is 3. The van der Waals surface area contributed by atoms with Crippen LogP contribution >= 0.6 is 0 Å². The Morgan fingerprint density at radius 3 is 2.41 bits per heavy atom. The molecule has 0 heterocycles. The third kappa shape index (κ3) is 12.5. The second-order valence-electron chi connectivity index (χ2n) is 7.64. The normalized spacial score (nSPS) is 15.5. The molecule has 1 fully saturated rings. The minimum atomic E-state index is -0.445. The monoisotopic (exact) mass is 409 g/mol. The van der Waals surface area contributed by atoms with Crippen LogP contribution in [0, 0.1) is 5.92 Å². The molecule has 0 saturated heterocycles. The summed E-state index contributed by atoms with van der Waals surface area (Å²) in [5.41, 5.74) is 0. The van der Waals surface area contributed by atoms with E-state index in [4.69, 9.17) is 9.47 Å². The number of nitrogens with one attached hydrogen (secondary N) is 1. The van der Waals surface area contributed by atoms with Crippen molar-refractivity contribution in [3.05, 3.63) is 12.2 Å². The van der Waals surface area contributed by atoms with Gasteiger partial charge < -0.3 is 14.8 Å². The first kappa shape index (κ1) is 25.3. The maximum atomic E-state index is 12.1. The molecule has 0 amide bonds. The van der Waals surface area contributed by atoms with E-state index in [1.165, 1.54) is 25.7 Å². The Balaban J connectivity index is 2.26. The van der Waals surface area contributed by atoms with Gasteiger partial charge in [-0.25, -0.2) is 0 Å². The van der Waals surface area contributed by atoms with Gasteiger partial charge in [0, 0.05) is 25.8 Å². The molecule has 166 valence electrons. The average molecular weight is 410 g/mol. The molecular weight excluding hydrogens is 370 g/mol. The fourth-order valence-corrected chi connectivity index (χ4v) is 3.63. The fourth-order valence-electron chi connectivity index (χ4n) is 3.63. The van der Waals surface area contributed by atoms with E-state index in [2.05, 4.69) is 5.32 Å². The molecular formula is C23H39NO5. The molecule has 6 nitrogen and oxygen atoms in total. The number of hydrogen-bond acceptors (Lipinski definition) is 6. The van der Waals surface area contributed by atoms with E-state index in [9.17, 15) is 14.4 Å². The summed E-state index contributed by atoms with van der Waals surface area (Å²) in [6, 6.07) is -0.445. The molecule has 29 heavy (non-hydrogen) atoms. The van der Waals surface area contributed by atoms with E-state index in [1.807, 2.05) is 12.2 Å². The summed E-state index contributed by atoms with van der Waals surface area (Å²) in [6.07, 6.45) is 13.5. The predicted octanol–water partition coefficient (Wildman–Crippen LogP) is 4.12. The molecule has 1 aliphatic rings. The Labute approximate surface area is 175 Å². The van der Waals surface area contributed by atoms with Crippen LogP contribution in [-0.4, -0.2) is 43.5 Å². The lowest BCUT2D eigenvalue weighted by Crippen LogP contribution is -2.38. The Hall–Kier alpha value is -1.69. The lowest BCUT2D eigenvalue weighted by molar-refractivity contribution is -0.145. The third-order valence-corrected chi connectivity index (χ3v) is 5.27. The van der Waals surface area contributed by atoms with Gasteiger partial charge in [-0.1, -0.05) is 37.8 Å². The SMILES string of the molecule is CCOC(=O)CCC/C=C\CC(NCCC(=O)CCC1CCCC1)C(=O)OCC. The standard InChI is InChI=1S/C23H39NO5/c1-3-28-22(26)14-8-6-5-7-13-21(23(27)29-4-2)24-18-17-20(25)16-15-19-11-9-10-12-19/h5,7,19,21,24H,3-4,6,8-18H2,1-2H3/b7-5-. The molecule has 1 aliphatic carbocycles. The summed E-state index contributed by atoms with van der Waals surface area (Å²) in [5.74, 6) is 0.529. The van der Waals surface area contributed by atoms with Gasteiger partial charge in [-0.15, -0.1) is 0 Å². The van der Waals surface area contributed by atoms with Gasteiger partial charge in [0.15, 0.2) is 0 Å². The summed E-state index contributed by atoms with van der Waals surface area (Å²) in [4.78, 5) is 35.5. The largest absolute Gasteiger partial charge is 0.466 e. The molecule has 0 spiro atoms. The maximum absolute atomic E-state index is 12.1. The van der Waals surface area contributed by atoms with Crippen LogP contribution in [0.4, 0.5) is 0 Å². The quantitative estimate of drug-likeness (QED) is 0.235. The molecule has 0 aliphatic heterocycles. The zero-order valence-corrected chi connectivity index (χ0v) is 18.3. The van der Waals surface area contributed by atoms with Crippen molar-refractivity contribution in [3.63, 3.8) is 0 Å². The van der Waals surface area contributed by atoms with Gasteiger partial charge in [0.25, 0.3) is 0 Å². The molecule has 0 aromatic carbocycles. The lowest BCUT2D eigenvalue weighted by atomic mass is 9.99. The number of esters is 2. The highest BCUT2D eigenvalue weighted by atomic mass is 16.5. The topological polar surface area (TPSA) is 81.7 Å². The molecule has 6 heteroatoms. The van der Waals surface area contributed by atoms with Crippen LogP contribution in [0.1, 0.15) is 84.5 Å². The summed E-state index contributed by atoms with van der Waals surface area (Å²) in [6.45, 7) is 4.81. The summed E-state index contributed by atoms with van der Waals surface area (Å²) in [7, 11) is 0. The Morgan fingerprint density at radius 2 is 1.72 bits per heavy atom. The van der Waals surface area contributed by atoms with Crippen molar-refractivity contribution in [2.45, 2.75) is 90.5 Å². The molecule has 0 aromatic heterocycles. The minimum Gasteiger partial charge on any atom is -0.466 e. The Morgan fingerprint density at radius 1 is 1.00 bits per heavy atom. The smallest absolute Gasteiger partial charge is 0.323 e. The van der Waals surface area contributed by atoms with Gasteiger partial charge in [0.05, 0.1) is 13.2 Å². The van der Waals surface area contributed by atoms with Crippen molar-refractivity contribution in [2.24, 2.45) is 5.92 Å². The first-order chi connectivity index (χ1) is 14.1. The van der Waals surface area contributed by atoms with Gasteiger partial charge in [-0.2, -0.15) is 0 Å². The van der Waals surface area contributed by atoms with Gasteiger partial charge >= 0.3 is 11.9 Å². The number of unbranched alkanes of at least 4 members (excludes halogenated alkanes) is 1. The molecule has 1 N–H and O–H groups in total. The van der Waals surface area contributed by atoms with Gasteiger partial charge in [0.1, 0.15) is 11.8 Å². The number of Topliss-reactive ketones (excluding diaryl/α,β-unsaturated/α-hetero) is 1. The van der Waals surface area contributed by atoms with Crippen molar-refractivity contribution in [1.29, 1.82) is 0 Å². The van der Waals surface area contributed by atoms with Crippen molar-refractivity contribution < 1.29 is 23.9 Å². The van der Waals surface area contributed by atoms with Gasteiger partial charge in [0.2, 0.25) is 0 Å². The molecule has 1 atom stereocenters. The Kier molecular flexibility index (Phi) is 14.1. The number of ether oxygens (including phenoxy) is 2. The molecule has 0 aromatic rings. The molecule has 1 rings (SSSR count). The van der Waals surface area contributed by atoms with Crippen LogP contribution in [0.5, 0.6) is 0 Å². The highest BCUT2D eigenvalue weighted by Gasteiger charge is 2.19. The lowest BCUT2D eigenvalue weighted by Gasteiger charge is -2.15. The molecule has 0 radical (unpaired) electrons. The zero-order chi connectivity index (χ0) is 21.3. The van der Waals surface area contributed by atoms with E-state index < -0.39 is 6.04 Å². The van der Waals surface area contributed by atoms with Crippen LogP contribution in [0.2, 0.25) is 0 Å². The van der Waals surface area contributed by atoms with Crippen LogP contribution in [0.3, 0.4) is 0 Å². The fraction of sp³-hybridized carbons (Fsp3) is 0.783. The number of rotatable bonds is 16. The number of allylic oxidation sites excluding steroid dienone is 1. The van der Waals surface area contributed by atoms with Gasteiger partial charge in [-0.05, 0) is 45.4 Å². The maximum Gasteiger partial charge on any atom is 0.323 e. The van der Waals surface area contributed by atoms with Crippen LogP contribution in [-0.2, 0) is 23.9 Å². The second kappa shape index (κ2) is 16.1. The van der Waals surface area contributed by atoms with E-state index in [1.54, 1.807) is 13.8 Å². The average Bonchev–Trinajstić information content (AvgIpc) is 3.21. The highest BCUT2D eigenvalue weighted by Crippen LogP contribution is 2.28. The van der Waals surface area contributed by atoms with Crippen LogP contribution in [0.25, 0.3) is 0 Å². The third-order valence-electron chi connectivity index (χ3n) is 5.27. The summed E-state index contributed by atoms with van der Waals surface area (Å²) < 4.78 is 10.0. The van der Waals surface area contributed by atoms with Crippen molar-refractivity contribution in [2.75, 3.05) is 19.8 Å². The van der Waals surface area contributed by atoms with Crippen LogP contribution in [0.15, 0.2) is 12.2 Å². The van der Waals surface area contributed by atoms with Gasteiger partial charge in [-0.3, -0.25) is 14.4 Å². The Bertz CT molecular complexity index is 511. The van der Waals surface area contributed by atoms with E-state index >= 15 is 0 Å². The molecule has 1 unspecified atom stereocenters. The second-order valence-corrected chi connectivity index (χ2v) is 7.64. The summed E-state index contributed by atoms with van der Waals surface area (Å²) in [5, 5.41) is 3.17. The number of ketones is 1. The first-order valence-corrected chi connectivity index (χ1v) is 11.3. The highest BCUT2D eigenvalue weighted by molar-refractivity contribution is 5.79. The van der Waals surface area contributed by atoms with Crippen molar-refractivity contribution >= 4 is 17.7 Å². The molecule has 0 bridgehead atoms. The van der Waals surface area contributed by atoms with Crippen LogP contribution < -0.4 is 5.32 Å². The number of carbonyl (C=O) groups is 3. The van der Waals surface area contributed by atoms with Crippen molar-refractivity contribution in [1.82, 2.24) is 5.32 Å². The van der Waals surface area contributed by atoms with E-state index in [-0.39, 0.29) is 17.7 Å². The zero-order valence-electron chi connectivity index (χ0n) is 18.3. The summed E-state index contributed by atoms with van der Waals surface area (Å²) >= 11 is 0. The van der Waals surface area contributed by atoms with Crippen molar-refractivity contribution in [3.8, 4) is 0 Å². The van der Waals surface area contributed by atoms with E-state index in [0.29, 0.717) is 45.4 Å². The number of hydrogen-bond donors (Lipinski definition) is 1. The molecule has 1 saturated carbocycles. The van der Waals surface area contributed by atoms with E-state index in [0.717, 1.165) is 25.2 Å². The minimum absolute atomic E-state index is 0.176.